The first-order valence-electron chi connectivity index (χ1n) is 5.58. The Labute approximate surface area is 99.9 Å². The number of rotatable bonds is 1. The van der Waals surface area contributed by atoms with Crippen LogP contribution in [0, 0.1) is 0 Å². The molecular formula is C12H16N2O3. The molecule has 1 fully saturated rings. The fourth-order valence-electron chi connectivity index (χ4n) is 1.88. The number of carbonyl (C=O) groups is 1. The Balaban J connectivity index is 2.17. The van der Waals surface area contributed by atoms with Crippen molar-refractivity contribution in [2.75, 3.05) is 33.2 Å². The molecule has 17 heavy (non-hydrogen) atoms. The zero-order valence-corrected chi connectivity index (χ0v) is 9.76. The SMILES string of the molecule is CN1CCN(C(=O)c2cccc(O)c2O)CC1. The Hall–Kier alpha value is -1.75. The smallest absolute Gasteiger partial charge is 0.257 e. The number of aromatic hydroxyl groups is 2. The lowest BCUT2D eigenvalue weighted by Crippen LogP contribution is -2.47. The van der Waals surface area contributed by atoms with Crippen LogP contribution in [0.15, 0.2) is 18.2 Å². The zero-order valence-electron chi connectivity index (χ0n) is 9.76. The molecule has 0 aliphatic carbocycles. The van der Waals surface area contributed by atoms with E-state index in [4.69, 9.17) is 0 Å². The van der Waals surface area contributed by atoms with Gasteiger partial charge in [0.15, 0.2) is 11.5 Å². The van der Waals surface area contributed by atoms with Crippen molar-refractivity contribution in [2.24, 2.45) is 0 Å². The third-order valence-electron chi connectivity index (χ3n) is 3.04. The van der Waals surface area contributed by atoms with Crippen LogP contribution in [0.3, 0.4) is 0 Å². The molecule has 92 valence electrons. The molecule has 0 saturated carbocycles. The molecule has 0 spiro atoms. The van der Waals surface area contributed by atoms with E-state index < -0.39 is 0 Å². The van der Waals surface area contributed by atoms with Gasteiger partial charge in [-0.25, -0.2) is 0 Å². The lowest BCUT2D eigenvalue weighted by atomic mass is 10.1. The number of benzene rings is 1. The van der Waals surface area contributed by atoms with Crippen molar-refractivity contribution >= 4 is 5.91 Å². The Morgan fingerprint density at radius 2 is 1.82 bits per heavy atom. The summed E-state index contributed by atoms with van der Waals surface area (Å²) in [7, 11) is 2.01. The summed E-state index contributed by atoms with van der Waals surface area (Å²) in [5.74, 6) is -0.826. The van der Waals surface area contributed by atoms with Gasteiger partial charge in [0.1, 0.15) is 0 Å². The predicted molar refractivity (Wildman–Crippen MR) is 63.2 cm³/mol. The lowest BCUT2D eigenvalue weighted by molar-refractivity contribution is 0.0660. The summed E-state index contributed by atoms with van der Waals surface area (Å²) in [6.45, 7) is 2.94. The number of nitrogens with zero attached hydrogens (tertiary/aromatic N) is 2. The average Bonchev–Trinajstić information content (AvgIpc) is 2.33. The van der Waals surface area contributed by atoms with Crippen LogP contribution >= 0.6 is 0 Å². The number of piperazine rings is 1. The van der Waals surface area contributed by atoms with E-state index in [1.54, 1.807) is 11.0 Å². The molecule has 5 heteroatoms. The van der Waals surface area contributed by atoms with Gasteiger partial charge in [-0.05, 0) is 19.2 Å². The summed E-state index contributed by atoms with van der Waals surface area (Å²) in [6.07, 6.45) is 0. The van der Waals surface area contributed by atoms with Crippen molar-refractivity contribution in [1.29, 1.82) is 0 Å². The maximum Gasteiger partial charge on any atom is 0.257 e. The van der Waals surface area contributed by atoms with Crippen molar-refractivity contribution < 1.29 is 15.0 Å². The van der Waals surface area contributed by atoms with Crippen molar-refractivity contribution in [1.82, 2.24) is 9.80 Å². The largest absolute Gasteiger partial charge is 0.504 e. The molecule has 1 aromatic carbocycles. The monoisotopic (exact) mass is 236 g/mol. The second-order valence-electron chi connectivity index (χ2n) is 4.27. The molecule has 1 heterocycles. The van der Waals surface area contributed by atoms with E-state index in [-0.39, 0.29) is 23.0 Å². The third-order valence-corrected chi connectivity index (χ3v) is 3.04. The van der Waals surface area contributed by atoms with Crippen molar-refractivity contribution in [3.05, 3.63) is 23.8 Å². The summed E-state index contributed by atoms with van der Waals surface area (Å²) >= 11 is 0. The number of likely N-dealkylation sites (N-methyl/N-ethyl adjacent to an activating group) is 1. The molecule has 2 rings (SSSR count). The molecule has 1 aliphatic heterocycles. The molecular weight excluding hydrogens is 220 g/mol. The highest BCUT2D eigenvalue weighted by atomic mass is 16.3. The molecule has 5 nitrogen and oxygen atoms in total. The van der Waals surface area contributed by atoms with Crippen LogP contribution in [0.4, 0.5) is 0 Å². The molecule has 2 N–H and O–H groups in total. The number of phenolic OH excluding ortho intramolecular Hbond substituents is 2. The van der Waals surface area contributed by atoms with Gasteiger partial charge in [-0.1, -0.05) is 6.07 Å². The van der Waals surface area contributed by atoms with Crippen LogP contribution in [-0.2, 0) is 0 Å². The van der Waals surface area contributed by atoms with E-state index in [9.17, 15) is 15.0 Å². The molecule has 0 unspecified atom stereocenters. The van der Waals surface area contributed by atoms with E-state index in [1.807, 2.05) is 7.05 Å². The zero-order chi connectivity index (χ0) is 12.4. The molecule has 0 radical (unpaired) electrons. The van der Waals surface area contributed by atoms with Gasteiger partial charge in [0.05, 0.1) is 5.56 Å². The fraction of sp³-hybridized carbons (Fsp3) is 0.417. The van der Waals surface area contributed by atoms with Crippen LogP contribution in [0.5, 0.6) is 11.5 Å². The van der Waals surface area contributed by atoms with Gasteiger partial charge in [0.2, 0.25) is 0 Å². The third kappa shape index (κ3) is 2.34. The van der Waals surface area contributed by atoms with Crippen molar-refractivity contribution in [3.8, 4) is 11.5 Å². The molecule has 0 bridgehead atoms. The molecule has 1 aliphatic rings. The van der Waals surface area contributed by atoms with Crippen LogP contribution < -0.4 is 0 Å². The van der Waals surface area contributed by atoms with Crippen LogP contribution in [0.2, 0.25) is 0 Å². The van der Waals surface area contributed by atoms with Gasteiger partial charge in [-0.2, -0.15) is 0 Å². The first kappa shape index (κ1) is 11.7. The molecule has 0 aromatic heterocycles. The normalized spacial score (nSPS) is 17.1. The number of phenols is 2. The van der Waals surface area contributed by atoms with Gasteiger partial charge >= 0.3 is 0 Å². The Bertz CT molecular complexity index is 426. The standard InChI is InChI=1S/C12H16N2O3/c1-13-5-7-14(8-6-13)12(17)9-3-2-4-10(15)11(9)16/h2-4,15-16H,5-8H2,1H3. The quantitative estimate of drug-likeness (QED) is 0.696. The van der Waals surface area contributed by atoms with Crippen LogP contribution in [0.1, 0.15) is 10.4 Å². The van der Waals surface area contributed by atoms with E-state index in [0.717, 1.165) is 13.1 Å². The number of amides is 1. The van der Waals surface area contributed by atoms with Crippen LogP contribution in [0.25, 0.3) is 0 Å². The molecule has 1 aromatic rings. The maximum absolute atomic E-state index is 12.1. The minimum atomic E-state index is -0.337. The second kappa shape index (κ2) is 4.63. The van der Waals surface area contributed by atoms with Gasteiger partial charge in [-0.3, -0.25) is 4.79 Å². The first-order valence-corrected chi connectivity index (χ1v) is 5.58. The van der Waals surface area contributed by atoms with Crippen LogP contribution in [-0.4, -0.2) is 59.1 Å². The first-order chi connectivity index (χ1) is 8.09. The molecule has 1 saturated heterocycles. The Morgan fingerprint density at radius 3 is 2.47 bits per heavy atom. The number of carbonyl (C=O) groups excluding carboxylic acids is 1. The predicted octanol–water partition coefficient (Wildman–Crippen LogP) is 0.485. The minimum absolute atomic E-state index is 0.162. The number of hydrogen-bond acceptors (Lipinski definition) is 4. The Morgan fingerprint density at radius 1 is 1.18 bits per heavy atom. The summed E-state index contributed by atoms with van der Waals surface area (Å²) in [5.41, 5.74) is 0.162. The van der Waals surface area contributed by atoms with Crippen molar-refractivity contribution in [3.63, 3.8) is 0 Å². The Kier molecular flexibility index (Phi) is 3.19. The second-order valence-corrected chi connectivity index (χ2v) is 4.27. The fourth-order valence-corrected chi connectivity index (χ4v) is 1.88. The van der Waals surface area contributed by atoms with E-state index in [0.29, 0.717) is 13.1 Å². The van der Waals surface area contributed by atoms with Gasteiger partial charge < -0.3 is 20.0 Å². The summed E-state index contributed by atoms with van der Waals surface area (Å²) < 4.78 is 0. The lowest BCUT2D eigenvalue weighted by Gasteiger charge is -2.32. The van der Waals surface area contributed by atoms with E-state index in [1.165, 1.54) is 12.1 Å². The molecule has 1 amide bonds. The van der Waals surface area contributed by atoms with E-state index >= 15 is 0 Å². The van der Waals surface area contributed by atoms with Crippen molar-refractivity contribution in [2.45, 2.75) is 0 Å². The molecule has 0 atom stereocenters. The van der Waals surface area contributed by atoms with Gasteiger partial charge in [0, 0.05) is 26.2 Å². The maximum atomic E-state index is 12.1. The van der Waals surface area contributed by atoms with Gasteiger partial charge in [-0.15, -0.1) is 0 Å². The topological polar surface area (TPSA) is 64.0 Å². The summed E-state index contributed by atoms with van der Waals surface area (Å²) in [6, 6.07) is 4.43. The number of para-hydroxylation sites is 1. The highest BCUT2D eigenvalue weighted by molar-refractivity contribution is 5.97. The highest BCUT2D eigenvalue weighted by Gasteiger charge is 2.23. The summed E-state index contributed by atoms with van der Waals surface area (Å²) in [5, 5.41) is 19.0. The van der Waals surface area contributed by atoms with Gasteiger partial charge in [0.25, 0.3) is 5.91 Å². The minimum Gasteiger partial charge on any atom is -0.504 e. The van der Waals surface area contributed by atoms with E-state index in [2.05, 4.69) is 4.90 Å². The summed E-state index contributed by atoms with van der Waals surface area (Å²) in [4.78, 5) is 15.9. The average molecular weight is 236 g/mol. The highest BCUT2D eigenvalue weighted by Crippen LogP contribution is 2.29. The number of hydrogen-bond donors (Lipinski definition) is 2.